The van der Waals surface area contributed by atoms with Crippen molar-refractivity contribution in [1.29, 1.82) is 0 Å². The standard InChI is InChI=1S/C25H38N4O7/c1-8-35-20(31)12-13-27-22(32)21(17-11-9-10-15(2)16(17)3)29(7)23(33)18(14-19(26)30)28-24(34)36-25(4,5)6/h9-11,18,21H,8,12-14H2,1-7H3,(H2,26,30)(H,27,32)(H,28,34). The molecule has 0 aliphatic rings. The first-order chi connectivity index (χ1) is 16.7. The molecule has 200 valence electrons. The molecule has 0 saturated heterocycles. The predicted octanol–water partition coefficient (Wildman–Crippen LogP) is 1.64. The monoisotopic (exact) mass is 506 g/mol. The molecule has 36 heavy (non-hydrogen) atoms. The molecule has 0 aliphatic heterocycles. The number of alkyl carbamates (subject to hydrolysis) is 1. The number of amides is 4. The number of nitrogens with two attached hydrogens (primary N) is 1. The molecular formula is C25H38N4O7. The van der Waals surface area contributed by atoms with Gasteiger partial charge in [-0.3, -0.25) is 19.2 Å². The van der Waals surface area contributed by atoms with Gasteiger partial charge >= 0.3 is 12.1 Å². The van der Waals surface area contributed by atoms with Crippen LogP contribution in [-0.2, 0) is 28.7 Å². The summed E-state index contributed by atoms with van der Waals surface area (Å²) >= 11 is 0. The van der Waals surface area contributed by atoms with Gasteiger partial charge in [-0.05, 0) is 58.2 Å². The number of nitrogens with one attached hydrogen (secondary N) is 2. The van der Waals surface area contributed by atoms with E-state index in [0.717, 1.165) is 16.0 Å². The van der Waals surface area contributed by atoms with Crippen LogP contribution in [0.15, 0.2) is 18.2 Å². The van der Waals surface area contributed by atoms with Crippen molar-refractivity contribution in [3.63, 3.8) is 0 Å². The van der Waals surface area contributed by atoms with Gasteiger partial charge in [0.15, 0.2) is 0 Å². The molecule has 1 rings (SSSR count). The molecule has 2 atom stereocenters. The van der Waals surface area contributed by atoms with Gasteiger partial charge in [0.05, 0.1) is 19.4 Å². The number of carbonyl (C=O) groups is 5. The van der Waals surface area contributed by atoms with Crippen LogP contribution in [0.2, 0.25) is 0 Å². The highest BCUT2D eigenvalue weighted by Gasteiger charge is 2.35. The van der Waals surface area contributed by atoms with Crippen molar-refractivity contribution in [2.24, 2.45) is 5.73 Å². The normalized spacial score (nSPS) is 12.6. The van der Waals surface area contributed by atoms with Gasteiger partial charge in [-0.15, -0.1) is 0 Å². The fourth-order valence-electron chi connectivity index (χ4n) is 3.44. The van der Waals surface area contributed by atoms with Crippen molar-refractivity contribution >= 4 is 29.8 Å². The van der Waals surface area contributed by atoms with E-state index in [1.54, 1.807) is 39.8 Å². The minimum atomic E-state index is -1.36. The van der Waals surface area contributed by atoms with Gasteiger partial charge in [-0.25, -0.2) is 4.79 Å². The number of primary amides is 1. The maximum Gasteiger partial charge on any atom is 0.408 e. The molecule has 11 heteroatoms. The summed E-state index contributed by atoms with van der Waals surface area (Å²) in [6, 6.07) is 2.87. The summed E-state index contributed by atoms with van der Waals surface area (Å²) in [5.74, 6) is -2.54. The minimum Gasteiger partial charge on any atom is -0.466 e. The van der Waals surface area contributed by atoms with Crippen LogP contribution in [0, 0.1) is 13.8 Å². The van der Waals surface area contributed by atoms with Gasteiger partial charge in [0.2, 0.25) is 17.7 Å². The van der Waals surface area contributed by atoms with E-state index >= 15 is 0 Å². The second kappa shape index (κ2) is 13.5. The number of benzene rings is 1. The molecule has 0 saturated carbocycles. The predicted molar refractivity (Wildman–Crippen MR) is 133 cm³/mol. The van der Waals surface area contributed by atoms with Crippen LogP contribution in [0.5, 0.6) is 0 Å². The molecule has 0 spiro atoms. The van der Waals surface area contributed by atoms with Crippen molar-refractivity contribution in [3.8, 4) is 0 Å². The first-order valence-electron chi connectivity index (χ1n) is 11.7. The van der Waals surface area contributed by atoms with Gasteiger partial charge in [0.25, 0.3) is 0 Å². The number of nitrogens with zero attached hydrogens (tertiary/aromatic N) is 1. The lowest BCUT2D eigenvalue weighted by atomic mass is 9.95. The lowest BCUT2D eigenvalue weighted by Gasteiger charge is -2.32. The Morgan fingerprint density at radius 1 is 1.11 bits per heavy atom. The molecule has 1 aromatic rings. The Balaban J connectivity index is 3.27. The number of likely N-dealkylation sites (N-methyl/N-ethyl adjacent to an activating group) is 1. The maximum atomic E-state index is 13.5. The number of aryl methyl sites for hydroxylation is 1. The SMILES string of the molecule is CCOC(=O)CCNC(=O)C(c1cccc(C)c1C)N(C)C(=O)C(CC(N)=O)NC(=O)OC(C)(C)C. The summed E-state index contributed by atoms with van der Waals surface area (Å²) in [7, 11) is 1.39. The largest absolute Gasteiger partial charge is 0.466 e. The van der Waals surface area contributed by atoms with Crippen LogP contribution >= 0.6 is 0 Å². The van der Waals surface area contributed by atoms with E-state index in [4.69, 9.17) is 15.2 Å². The first-order valence-corrected chi connectivity index (χ1v) is 11.7. The van der Waals surface area contributed by atoms with Crippen LogP contribution < -0.4 is 16.4 Å². The summed E-state index contributed by atoms with van der Waals surface area (Å²) in [5.41, 5.74) is 6.72. The zero-order valence-electron chi connectivity index (χ0n) is 22.1. The lowest BCUT2D eigenvalue weighted by molar-refractivity contribution is -0.144. The van der Waals surface area contributed by atoms with E-state index in [9.17, 15) is 24.0 Å². The highest BCUT2D eigenvalue weighted by atomic mass is 16.6. The van der Waals surface area contributed by atoms with E-state index in [1.165, 1.54) is 7.05 Å². The van der Waals surface area contributed by atoms with Crippen molar-refractivity contribution in [1.82, 2.24) is 15.5 Å². The lowest BCUT2D eigenvalue weighted by Crippen LogP contribution is -2.53. The number of carbonyl (C=O) groups excluding carboxylic acids is 5. The molecule has 0 aliphatic carbocycles. The fourth-order valence-corrected chi connectivity index (χ4v) is 3.44. The van der Waals surface area contributed by atoms with Crippen LogP contribution in [0.25, 0.3) is 0 Å². The van der Waals surface area contributed by atoms with E-state index in [0.29, 0.717) is 5.56 Å². The van der Waals surface area contributed by atoms with E-state index in [-0.39, 0.29) is 19.6 Å². The van der Waals surface area contributed by atoms with Gasteiger partial charge in [0, 0.05) is 13.6 Å². The highest BCUT2D eigenvalue weighted by molar-refractivity contribution is 5.94. The number of esters is 1. The number of hydrogen-bond acceptors (Lipinski definition) is 7. The number of ether oxygens (including phenoxy) is 2. The first kappa shape index (κ1) is 30.4. The van der Waals surface area contributed by atoms with E-state index in [2.05, 4.69) is 10.6 Å². The third-order valence-corrected chi connectivity index (χ3v) is 5.25. The van der Waals surface area contributed by atoms with Crippen molar-refractivity contribution in [2.75, 3.05) is 20.2 Å². The molecule has 2 unspecified atom stereocenters. The molecule has 11 nitrogen and oxygen atoms in total. The molecule has 0 bridgehead atoms. The van der Waals surface area contributed by atoms with Gasteiger partial charge in [-0.1, -0.05) is 18.2 Å². The number of hydrogen-bond donors (Lipinski definition) is 3. The molecular weight excluding hydrogens is 468 g/mol. The molecule has 0 fully saturated rings. The zero-order valence-corrected chi connectivity index (χ0v) is 22.1. The Labute approximate surface area is 212 Å². The van der Waals surface area contributed by atoms with Crippen LogP contribution in [-0.4, -0.2) is 66.5 Å². The van der Waals surface area contributed by atoms with Gasteiger partial charge in [0.1, 0.15) is 17.7 Å². The van der Waals surface area contributed by atoms with E-state index in [1.807, 2.05) is 19.9 Å². The summed E-state index contributed by atoms with van der Waals surface area (Å²) in [6.45, 7) is 10.6. The van der Waals surface area contributed by atoms with Crippen LogP contribution in [0.1, 0.15) is 63.3 Å². The molecule has 0 heterocycles. The zero-order chi connectivity index (χ0) is 27.6. The molecule has 4 amide bonds. The smallest absolute Gasteiger partial charge is 0.408 e. The van der Waals surface area contributed by atoms with Gasteiger partial charge in [-0.2, -0.15) is 0 Å². The Kier molecular flexibility index (Phi) is 11.4. The summed E-state index contributed by atoms with van der Waals surface area (Å²) in [6.07, 6.45) is -1.44. The van der Waals surface area contributed by atoms with Crippen LogP contribution in [0.4, 0.5) is 4.79 Å². The second-order valence-electron chi connectivity index (χ2n) is 9.36. The Morgan fingerprint density at radius 3 is 2.31 bits per heavy atom. The Bertz CT molecular complexity index is 972. The topological polar surface area (TPSA) is 157 Å². The molecule has 0 radical (unpaired) electrons. The molecule has 1 aromatic carbocycles. The molecule has 0 aromatic heterocycles. The number of rotatable bonds is 11. The summed E-state index contributed by atoms with van der Waals surface area (Å²) in [4.78, 5) is 63.6. The fraction of sp³-hybridized carbons (Fsp3) is 0.560. The second-order valence-corrected chi connectivity index (χ2v) is 9.36. The Hall–Kier alpha value is -3.63. The van der Waals surface area contributed by atoms with E-state index < -0.39 is 53.9 Å². The quantitative estimate of drug-likeness (QED) is 0.385. The maximum absolute atomic E-state index is 13.5. The summed E-state index contributed by atoms with van der Waals surface area (Å²) in [5, 5.41) is 5.05. The third-order valence-electron chi connectivity index (χ3n) is 5.25. The van der Waals surface area contributed by atoms with Gasteiger partial charge < -0.3 is 30.7 Å². The average Bonchev–Trinajstić information content (AvgIpc) is 2.74. The van der Waals surface area contributed by atoms with Crippen molar-refractivity contribution in [3.05, 3.63) is 34.9 Å². The molecule has 4 N–H and O–H groups in total. The minimum absolute atomic E-state index is 0.00192. The average molecular weight is 507 g/mol. The van der Waals surface area contributed by atoms with Crippen molar-refractivity contribution in [2.45, 2.75) is 72.1 Å². The summed E-state index contributed by atoms with van der Waals surface area (Å²) < 4.78 is 10.1. The Morgan fingerprint density at radius 2 is 1.75 bits per heavy atom. The van der Waals surface area contributed by atoms with Crippen molar-refractivity contribution < 1.29 is 33.4 Å². The highest BCUT2D eigenvalue weighted by Crippen LogP contribution is 2.26. The third kappa shape index (κ3) is 9.55. The van der Waals surface area contributed by atoms with Crippen LogP contribution in [0.3, 0.4) is 0 Å².